The van der Waals surface area contributed by atoms with E-state index < -0.39 is 6.61 Å². The highest BCUT2D eigenvalue weighted by atomic mass is 32.2. The number of hydrogen-bond donors (Lipinski definition) is 1. The van der Waals surface area contributed by atoms with Gasteiger partial charge in [-0.2, -0.15) is 13.9 Å². The summed E-state index contributed by atoms with van der Waals surface area (Å²) in [5.41, 5.74) is 2.07. The zero-order valence-corrected chi connectivity index (χ0v) is 15.9. The first-order valence-corrected chi connectivity index (χ1v) is 9.18. The van der Waals surface area contributed by atoms with Gasteiger partial charge in [0, 0.05) is 17.6 Å². The molecule has 0 unspecified atom stereocenters. The molecule has 8 nitrogen and oxygen atoms in total. The molecule has 0 spiro atoms. The molecule has 3 rings (SSSR count). The fourth-order valence-corrected chi connectivity index (χ4v) is 2.90. The lowest BCUT2D eigenvalue weighted by Gasteiger charge is -2.10. The predicted molar refractivity (Wildman–Crippen MR) is 97.5 cm³/mol. The lowest BCUT2D eigenvalue weighted by molar-refractivity contribution is -0.113. The number of ether oxygens (including phenoxy) is 1. The van der Waals surface area contributed by atoms with Crippen molar-refractivity contribution < 1.29 is 22.7 Å². The molecule has 0 saturated carbocycles. The van der Waals surface area contributed by atoms with Gasteiger partial charge in [0.05, 0.1) is 5.75 Å². The predicted octanol–water partition coefficient (Wildman–Crippen LogP) is 3.26. The number of aromatic nitrogens is 4. The molecule has 28 heavy (non-hydrogen) atoms. The monoisotopic (exact) mass is 409 g/mol. The molecule has 0 saturated heterocycles. The minimum Gasteiger partial charge on any atom is -0.435 e. The van der Waals surface area contributed by atoms with Crippen molar-refractivity contribution in [2.45, 2.75) is 32.2 Å². The van der Waals surface area contributed by atoms with Gasteiger partial charge in [0.25, 0.3) is 5.22 Å². The first-order chi connectivity index (χ1) is 13.4. The molecule has 0 radical (unpaired) electrons. The molecule has 0 aliphatic rings. The van der Waals surface area contributed by atoms with Crippen LogP contribution in [-0.4, -0.2) is 38.2 Å². The Hall–Kier alpha value is -2.95. The lowest BCUT2D eigenvalue weighted by atomic mass is 10.2. The maximum absolute atomic E-state index is 12.2. The highest BCUT2D eigenvalue weighted by molar-refractivity contribution is 7.99. The molecule has 1 amide bonds. The number of halogens is 2. The summed E-state index contributed by atoms with van der Waals surface area (Å²) >= 11 is 1.10. The van der Waals surface area contributed by atoms with Gasteiger partial charge in [0.15, 0.2) is 0 Å². The van der Waals surface area contributed by atoms with Gasteiger partial charge in [0.1, 0.15) is 12.3 Å². The van der Waals surface area contributed by atoms with E-state index in [-0.39, 0.29) is 22.6 Å². The van der Waals surface area contributed by atoms with Crippen LogP contribution in [0.3, 0.4) is 0 Å². The Morgan fingerprint density at radius 3 is 2.82 bits per heavy atom. The highest BCUT2D eigenvalue weighted by Crippen LogP contribution is 2.23. The van der Waals surface area contributed by atoms with Gasteiger partial charge in [-0.1, -0.05) is 11.8 Å². The standard InChI is InChI=1S/C17H17F2N5O3S/c1-10-7-12(26-16(18)19)3-4-13(10)21-14(25)9-28-17-23-22-15(27-17)8-24-11(2)5-6-20-24/h3-7,16H,8-9H2,1-2H3,(H,21,25). The van der Waals surface area contributed by atoms with Crippen molar-refractivity contribution in [2.75, 3.05) is 11.1 Å². The maximum atomic E-state index is 12.2. The Morgan fingerprint density at radius 2 is 2.14 bits per heavy atom. The van der Waals surface area contributed by atoms with Crippen LogP contribution in [0.2, 0.25) is 0 Å². The molecule has 0 bridgehead atoms. The van der Waals surface area contributed by atoms with Gasteiger partial charge in [-0.25, -0.2) is 0 Å². The SMILES string of the molecule is Cc1cc(OC(F)F)ccc1NC(=O)CSc1nnc(Cn2nccc2C)o1. The van der Waals surface area contributed by atoms with Crippen molar-refractivity contribution in [3.05, 3.63) is 47.6 Å². The van der Waals surface area contributed by atoms with E-state index in [0.717, 1.165) is 17.5 Å². The van der Waals surface area contributed by atoms with Crippen molar-refractivity contribution in [3.63, 3.8) is 0 Å². The van der Waals surface area contributed by atoms with Crippen LogP contribution < -0.4 is 10.1 Å². The number of alkyl halides is 2. The number of anilines is 1. The maximum Gasteiger partial charge on any atom is 0.387 e. The van der Waals surface area contributed by atoms with Crippen molar-refractivity contribution in [2.24, 2.45) is 0 Å². The number of benzene rings is 1. The summed E-state index contributed by atoms with van der Waals surface area (Å²) in [6.07, 6.45) is 1.68. The zero-order chi connectivity index (χ0) is 20.1. The molecule has 1 aromatic carbocycles. The summed E-state index contributed by atoms with van der Waals surface area (Å²) in [6.45, 7) is 1.05. The van der Waals surface area contributed by atoms with Gasteiger partial charge in [-0.15, -0.1) is 10.2 Å². The number of amides is 1. The van der Waals surface area contributed by atoms with Gasteiger partial charge in [-0.05, 0) is 43.7 Å². The van der Waals surface area contributed by atoms with Crippen molar-refractivity contribution in [3.8, 4) is 5.75 Å². The van der Waals surface area contributed by atoms with E-state index in [1.807, 2.05) is 13.0 Å². The molecule has 0 fully saturated rings. The first-order valence-electron chi connectivity index (χ1n) is 8.19. The average molecular weight is 409 g/mol. The van der Waals surface area contributed by atoms with Gasteiger partial charge < -0.3 is 14.5 Å². The molecule has 0 aliphatic heterocycles. The second kappa shape index (κ2) is 8.83. The van der Waals surface area contributed by atoms with E-state index in [0.29, 0.717) is 23.7 Å². The van der Waals surface area contributed by atoms with Crippen LogP contribution in [0.25, 0.3) is 0 Å². The molecular weight excluding hydrogens is 392 g/mol. The molecule has 11 heteroatoms. The van der Waals surface area contributed by atoms with Crippen molar-refractivity contribution in [1.29, 1.82) is 0 Å². The zero-order valence-electron chi connectivity index (χ0n) is 15.1. The smallest absolute Gasteiger partial charge is 0.387 e. The summed E-state index contributed by atoms with van der Waals surface area (Å²) in [4.78, 5) is 12.1. The van der Waals surface area contributed by atoms with Crippen LogP contribution in [0, 0.1) is 13.8 Å². The minimum atomic E-state index is -2.90. The van der Waals surface area contributed by atoms with E-state index in [2.05, 4.69) is 25.3 Å². The molecule has 2 heterocycles. The van der Waals surface area contributed by atoms with E-state index in [1.54, 1.807) is 17.8 Å². The Labute approximate surface area is 163 Å². The second-order valence-corrected chi connectivity index (χ2v) is 6.71. The van der Waals surface area contributed by atoms with Crippen LogP contribution in [0.4, 0.5) is 14.5 Å². The van der Waals surface area contributed by atoms with Gasteiger partial charge in [-0.3, -0.25) is 9.48 Å². The molecule has 148 valence electrons. The Kier molecular flexibility index (Phi) is 6.24. The van der Waals surface area contributed by atoms with Crippen LogP contribution in [0.15, 0.2) is 40.1 Å². The fourth-order valence-electron chi connectivity index (χ4n) is 2.32. The van der Waals surface area contributed by atoms with Crippen LogP contribution in [0.1, 0.15) is 17.1 Å². The largest absolute Gasteiger partial charge is 0.435 e. The van der Waals surface area contributed by atoms with E-state index in [1.165, 1.54) is 18.2 Å². The Balaban J connectivity index is 1.51. The number of rotatable bonds is 8. The number of hydrogen-bond acceptors (Lipinski definition) is 7. The number of aryl methyl sites for hydroxylation is 2. The van der Waals surface area contributed by atoms with Gasteiger partial charge in [0.2, 0.25) is 11.8 Å². The quantitative estimate of drug-likeness (QED) is 0.571. The molecule has 0 atom stereocenters. The molecule has 2 aromatic heterocycles. The third-order valence-corrected chi connectivity index (χ3v) is 4.50. The average Bonchev–Trinajstić information content (AvgIpc) is 3.25. The summed E-state index contributed by atoms with van der Waals surface area (Å²) in [7, 11) is 0. The topological polar surface area (TPSA) is 95.1 Å². The lowest BCUT2D eigenvalue weighted by Crippen LogP contribution is -2.15. The summed E-state index contributed by atoms with van der Waals surface area (Å²) in [5.74, 6) is 0.182. The molecular formula is C17H17F2N5O3S. The minimum absolute atomic E-state index is 0.0330. The number of nitrogens with one attached hydrogen (secondary N) is 1. The third-order valence-electron chi connectivity index (χ3n) is 3.69. The third kappa shape index (κ3) is 5.28. The summed E-state index contributed by atoms with van der Waals surface area (Å²) in [6, 6.07) is 6.16. The number of nitrogens with zero attached hydrogens (tertiary/aromatic N) is 4. The number of carbonyl (C=O) groups excluding carboxylic acids is 1. The summed E-state index contributed by atoms with van der Waals surface area (Å²) < 4.78 is 36.0. The Morgan fingerprint density at radius 1 is 1.32 bits per heavy atom. The summed E-state index contributed by atoms with van der Waals surface area (Å²) in [5, 5.41) is 15.0. The molecule has 0 aliphatic carbocycles. The fraction of sp³-hybridized carbons (Fsp3) is 0.294. The second-order valence-electron chi connectivity index (χ2n) is 5.78. The van der Waals surface area contributed by atoms with E-state index in [9.17, 15) is 13.6 Å². The van der Waals surface area contributed by atoms with Gasteiger partial charge >= 0.3 is 6.61 Å². The molecule has 3 aromatic rings. The van der Waals surface area contributed by atoms with E-state index >= 15 is 0 Å². The number of thioether (sulfide) groups is 1. The highest BCUT2D eigenvalue weighted by Gasteiger charge is 2.13. The first kappa shape index (κ1) is 19.8. The van der Waals surface area contributed by atoms with E-state index in [4.69, 9.17) is 4.42 Å². The molecule has 1 N–H and O–H groups in total. The van der Waals surface area contributed by atoms with Crippen molar-refractivity contribution in [1.82, 2.24) is 20.0 Å². The number of carbonyl (C=O) groups is 1. The van der Waals surface area contributed by atoms with Crippen molar-refractivity contribution >= 4 is 23.4 Å². The van der Waals surface area contributed by atoms with Crippen LogP contribution >= 0.6 is 11.8 Å². The Bertz CT molecular complexity index is 960. The van der Waals surface area contributed by atoms with Crippen LogP contribution in [0.5, 0.6) is 5.75 Å². The van der Waals surface area contributed by atoms with Crippen LogP contribution in [-0.2, 0) is 11.3 Å². The normalized spacial score (nSPS) is 11.0.